The van der Waals surface area contributed by atoms with E-state index in [1.165, 1.54) is 31.5 Å². The standard InChI is InChI=1S/C14H12N4O5/c1-23-11-8-9(18(21)22)5-6-10(11)16-13(19)14(20)17-12-4-2-3-7-15-12/h2-8H,1H3,(H,16,19)(H,15,17,20). The first-order chi connectivity index (χ1) is 11.0. The van der Waals surface area contributed by atoms with Crippen LogP contribution in [0.25, 0.3) is 0 Å². The summed E-state index contributed by atoms with van der Waals surface area (Å²) in [6.07, 6.45) is 1.47. The molecule has 0 aliphatic rings. The van der Waals surface area contributed by atoms with Crippen LogP contribution in [0.2, 0.25) is 0 Å². The molecule has 0 unspecified atom stereocenters. The summed E-state index contributed by atoms with van der Waals surface area (Å²) in [6, 6.07) is 8.46. The molecule has 0 saturated heterocycles. The van der Waals surface area contributed by atoms with Gasteiger partial charge in [0.15, 0.2) is 0 Å². The van der Waals surface area contributed by atoms with Crippen LogP contribution in [0, 0.1) is 10.1 Å². The van der Waals surface area contributed by atoms with Crippen molar-refractivity contribution >= 4 is 29.0 Å². The Morgan fingerprint density at radius 2 is 1.91 bits per heavy atom. The molecular weight excluding hydrogens is 304 g/mol. The number of rotatable bonds is 4. The highest BCUT2D eigenvalue weighted by atomic mass is 16.6. The van der Waals surface area contributed by atoms with Gasteiger partial charge in [-0.3, -0.25) is 19.7 Å². The highest BCUT2D eigenvalue weighted by Gasteiger charge is 2.18. The van der Waals surface area contributed by atoms with Crippen LogP contribution in [-0.4, -0.2) is 28.8 Å². The Bertz CT molecular complexity index is 748. The number of nitro groups is 1. The smallest absolute Gasteiger partial charge is 0.315 e. The second-order valence-electron chi connectivity index (χ2n) is 4.26. The summed E-state index contributed by atoms with van der Waals surface area (Å²) in [5, 5.41) is 15.3. The van der Waals surface area contributed by atoms with Gasteiger partial charge >= 0.3 is 11.8 Å². The van der Waals surface area contributed by atoms with Gasteiger partial charge in [-0.1, -0.05) is 6.07 Å². The number of aromatic nitrogens is 1. The van der Waals surface area contributed by atoms with Crippen LogP contribution in [0.5, 0.6) is 5.75 Å². The van der Waals surface area contributed by atoms with Gasteiger partial charge in [0.1, 0.15) is 11.6 Å². The van der Waals surface area contributed by atoms with Gasteiger partial charge in [0, 0.05) is 12.3 Å². The molecule has 0 aliphatic heterocycles. The molecular formula is C14H12N4O5. The maximum absolute atomic E-state index is 11.9. The van der Waals surface area contributed by atoms with Crippen molar-refractivity contribution < 1.29 is 19.2 Å². The zero-order valence-corrected chi connectivity index (χ0v) is 12.0. The highest BCUT2D eigenvalue weighted by molar-refractivity contribution is 6.43. The van der Waals surface area contributed by atoms with E-state index in [0.717, 1.165) is 6.07 Å². The number of hydrogen-bond acceptors (Lipinski definition) is 6. The van der Waals surface area contributed by atoms with Gasteiger partial charge in [0.05, 0.1) is 23.8 Å². The zero-order chi connectivity index (χ0) is 16.8. The number of anilines is 2. The van der Waals surface area contributed by atoms with Gasteiger partial charge in [-0.2, -0.15) is 0 Å². The van der Waals surface area contributed by atoms with Crippen LogP contribution in [0.1, 0.15) is 0 Å². The van der Waals surface area contributed by atoms with Crippen LogP contribution >= 0.6 is 0 Å². The molecule has 0 atom stereocenters. The summed E-state index contributed by atoms with van der Waals surface area (Å²) < 4.78 is 4.97. The van der Waals surface area contributed by atoms with E-state index < -0.39 is 16.7 Å². The SMILES string of the molecule is COc1cc([N+](=O)[O-])ccc1NC(=O)C(=O)Nc1ccccn1. The van der Waals surface area contributed by atoms with Gasteiger partial charge in [-0.15, -0.1) is 0 Å². The fourth-order valence-electron chi connectivity index (χ4n) is 1.69. The van der Waals surface area contributed by atoms with E-state index in [2.05, 4.69) is 15.6 Å². The van der Waals surface area contributed by atoms with Crippen molar-refractivity contribution in [1.29, 1.82) is 0 Å². The normalized spacial score (nSPS) is 9.78. The van der Waals surface area contributed by atoms with E-state index in [1.54, 1.807) is 12.1 Å². The van der Waals surface area contributed by atoms with Crippen molar-refractivity contribution in [3.05, 3.63) is 52.7 Å². The number of carbonyl (C=O) groups excluding carboxylic acids is 2. The van der Waals surface area contributed by atoms with Crippen molar-refractivity contribution in [3.63, 3.8) is 0 Å². The monoisotopic (exact) mass is 316 g/mol. The molecule has 23 heavy (non-hydrogen) atoms. The second-order valence-corrected chi connectivity index (χ2v) is 4.26. The Balaban J connectivity index is 2.10. The first kappa shape index (κ1) is 15.9. The number of nitro benzene ring substituents is 1. The maximum Gasteiger partial charge on any atom is 0.315 e. The Morgan fingerprint density at radius 3 is 2.52 bits per heavy atom. The molecule has 0 saturated carbocycles. The third kappa shape index (κ3) is 4.00. The quantitative estimate of drug-likeness (QED) is 0.501. The molecule has 0 bridgehead atoms. The topological polar surface area (TPSA) is 123 Å². The predicted octanol–water partition coefficient (Wildman–Crippen LogP) is 1.58. The van der Waals surface area contributed by atoms with E-state index in [-0.39, 0.29) is 22.9 Å². The number of hydrogen-bond donors (Lipinski definition) is 2. The number of nitrogens with one attached hydrogen (secondary N) is 2. The molecule has 1 aromatic carbocycles. The van der Waals surface area contributed by atoms with Crippen LogP contribution in [0.4, 0.5) is 17.2 Å². The fraction of sp³-hybridized carbons (Fsp3) is 0.0714. The summed E-state index contributed by atoms with van der Waals surface area (Å²) in [7, 11) is 1.29. The summed E-state index contributed by atoms with van der Waals surface area (Å²) in [4.78, 5) is 37.6. The molecule has 118 valence electrons. The predicted molar refractivity (Wildman–Crippen MR) is 81.1 cm³/mol. The number of methoxy groups -OCH3 is 1. The lowest BCUT2D eigenvalue weighted by Gasteiger charge is -2.09. The van der Waals surface area contributed by atoms with Gasteiger partial charge in [0.25, 0.3) is 5.69 Å². The number of carbonyl (C=O) groups is 2. The largest absolute Gasteiger partial charge is 0.494 e. The van der Waals surface area contributed by atoms with Crippen LogP contribution < -0.4 is 15.4 Å². The number of non-ortho nitro benzene ring substituents is 1. The Morgan fingerprint density at radius 1 is 1.17 bits per heavy atom. The Hall–Kier alpha value is -3.49. The minimum atomic E-state index is -0.956. The molecule has 0 spiro atoms. The van der Waals surface area contributed by atoms with Crippen molar-refractivity contribution in [2.45, 2.75) is 0 Å². The van der Waals surface area contributed by atoms with Gasteiger partial charge in [-0.05, 0) is 18.2 Å². The minimum absolute atomic E-state index is 0.0678. The molecule has 2 aromatic rings. The molecule has 2 amide bonds. The molecule has 9 heteroatoms. The second kappa shape index (κ2) is 6.98. The molecule has 0 aliphatic carbocycles. The van der Waals surface area contributed by atoms with E-state index >= 15 is 0 Å². The number of nitrogens with zero attached hydrogens (tertiary/aromatic N) is 2. The van der Waals surface area contributed by atoms with Crippen LogP contribution in [0.3, 0.4) is 0 Å². The van der Waals surface area contributed by atoms with Crippen molar-refractivity contribution in [2.24, 2.45) is 0 Å². The minimum Gasteiger partial charge on any atom is -0.494 e. The van der Waals surface area contributed by atoms with Crippen LogP contribution in [-0.2, 0) is 9.59 Å². The molecule has 0 fully saturated rings. The Kier molecular flexibility index (Phi) is 4.82. The molecule has 0 radical (unpaired) electrons. The van der Waals surface area contributed by atoms with Gasteiger partial charge in [0.2, 0.25) is 0 Å². The zero-order valence-electron chi connectivity index (χ0n) is 12.0. The number of pyridine rings is 1. The third-order valence-corrected chi connectivity index (χ3v) is 2.76. The first-order valence-corrected chi connectivity index (χ1v) is 6.37. The summed E-state index contributed by atoms with van der Waals surface area (Å²) >= 11 is 0. The average Bonchev–Trinajstić information content (AvgIpc) is 2.55. The number of ether oxygens (including phenoxy) is 1. The molecule has 2 rings (SSSR count). The van der Waals surface area contributed by atoms with Gasteiger partial charge < -0.3 is 15.4 Å². The molecule has 1 aromatic heterocycles. The van der Waals surface area contributed by atoms with E-state index in [1.807, 2.05) is 0 Å². The Labute approximate surface area is 130 Å². The van der Waals surface area contributed by atoms with E-state index in [4.69, 9.17) is 4.74 Å². The molecule has 1 heterocycles. The number of amides is 2. The van der Waals surface area contributed by atoms with Gasteiger partial charge in [-0.25, -0.2) is 4.98 Å². The third-order valence-electron chi connectivity index (χ3n) is 2.76. The van der Waals surface area contributed by atoms with Crippen molar-refractivity contribution in [3.8, 4) is 5.75 Å². The first-order valence-electron chi connectivity index (χ1n) is 6.37. The maximum atomic E-state index is 11.9. The number of benzene rings is 1. The summed E-state index contributed by atoms with van der Waals surface area (Å²) in [5.74, 6) is -1.59. The highest BCUT2D eigenvalue weighted by Crippen LogP contribution is 2.28. The van der Waals surface area contributed by atoms with E-state index in [0.29, 0.717) is 0 Å². The fourth-order valence-corrected chi connectivity index (χ4v) is 1.69. The summed E-state index contributed by atoms with van der Waals surface area (Å²) in [5.41, 5.74) is -0.0583. The summed E-state index contributed by atoms with van der Waals surface area (Å²) in [6.45, 7) is 0. The molecule has 2 N–H and O–H groups in total. The molecule has 9 nitrogen and oxygen atoms in total. The lowest BCUT2D eigenvalue weighted by atomic mass is 10.2. The lowest BCUT2D eigenvalue weighted by Crippen LogP contribution is -2.29. The van der Waals surface area contributed by atoms with Crippen molar-refractivity contribution in [1.82, 2.24) is 4.98 Å². The van der Waals surface area contributed by atoms with Crippen LogP contribution in [0.15, 0.2) is 42.6 Å². The average molecular weight is 316 g/mol. The van der Waals surface area contributed by atoms with Crippen molar-refractivity contribution in [2.75, 3.05) is 17.7 Å². The van der Waals surface area contributed by atoms with E-state index in [9.17, 15) is 19.7 Å². The lowest BCUT2D eigenvalue weighted by molar-refractivity contribution is -0.384.